The summed E-state index contributed by atoms with van der Waals surface area (Å²) < 4.78 is 1.72. The van der Waals surface area contributed by atoms with Crippen molar-refractivity contribution in [3.05, 3.63) is 42.2 Å². The van der Waals surface area contributed by atoms with Crippen molar-refractivity contribution in [1.29, 1.82) is 0 Å². The van der Waals surface area contributed by atoms with Gasteiger partial charge in [-0.3, -0.25) is 0 Å². The zero-order valence-corrected chi connectivity index (χ0v) is 14.0. The second-order valence-corrected chi connectivity index (χ2v) is 6.73. The Morgan fingerprint density at radius 1 is 1.04 bits per heavy atom. The summed E-state index contributed by atoms with van der Waals surface area (Å²) in [6.07, 6.45) is 7.58. The Hall–Kier alpha value is -2.80. The van der Waals surface area contributed by atoms with E-state index in [1.807, 2.05) is 24.3 Å². The number of fused-ring (bicyclic) bond motifs is 1. The molecule has 130 valence electrons. The van der Waals surface area contributed by atoms with Gasteiger partial charge in [0, 0.05) is 35.4 Å². The molecule has 25 heavy (non-hydrogen) atoms. The number of rotatable bonds is 3. The summed E-state index contributed by atoms with van der Waals surface area (Å²) in [5.74, 6) is 0.884. The lowest BCUT2D eigenvalue weighted by Crippen LogP contribution is -2.26. The first kappa shape index (κ1) is 15.7. The second-order valence-electron chi connectivity index (χ2n) is 6.73. The zero-order chi connectivity index (χ0) is 17.4. The van der Waals surface area contributed by atoms with Gasteiger partial charge in [0.1, 0.15) is 5.82 Å². The van der Waals surface area contributed by atoms with Crippen LogP contribution in [-0.4, -0.2) is 20.6 Å². The molecule has 1 aliphatic carbocycles. The summed E-state index contributed by atoms with van der Waals surface area (Å²) in [4.78, 5) is 4.48. The lowest BCUT2D eigenvalue weighted by molar-refractivity contribution is 0.396. The molecule has 0 radical (unpaired) electrons. The third kappa shape index (κ3) is 2.98. The normalized spacial score (nSPS) is 20.7. The van der Waals surface area contributed by atoms with Gasteiger partial charge in [-0.05, 0) is 55.9 Å². The molecule has 3 aromatic rings. The number of benzene rings is 1. The highest BCUT2D eigenvalue weighted by Gasteiger charge is 2.27. The fourth-order valence-corrected chi connectivity index (χ4v) is 3.63. The Morgan fingerprint density at radius 2 is 1.76 bits per heavy atom. The standard InChI is InChI=1S/C18H23N7/c19-12-3-1-11(2-4-12)15-16(23-14-7-5-13(20)6-8-14)18-22-9-10-25(18)24-17(15)21/h5-12,23H,1-4,19-20H2,(H2,21,24)/t11-,12-. The van der Waals surface area contributed by atoms with Crippen LogP contribution in [0, 0.1) is 0 Å². The van der Waals surface area contributed by atoms with Crippen LogP contribution >= 0.6 is 0 Å². The van der Waals surface area contributed by atoms with E-state index in [2.05, 4.69) is 15.4 Å². The van der Waals surface area contributed by atoms with Crippen LogP contribution in [-0.2, 0) is 0 Å². The topological polar surface area (TPSA) is 120 Å². The summed E-state index contributed by atoms with van der Waals surface area (Å²) in [6.45, 7) is 0. The largest absolute Gasteiger partial charge is 0.399 e. The minimum absolute atomic E-state index is 0.286. The summed E-state index contributed by atoms with van der Waals surface area (Å²) in [7, 11) is 0. The van der Waals surface area contributed by atoms with Crippen molar-refractivity contribution in [2.75, 3.05) is 16.8 Å². The number of nitrogen functional groups attached to an aromatic ring is 2. The van der Waals surface area contributed by atoms with Crippen LogP contribution in [0.1, 0.15) is 37.2 Å². The van der Waals surface area contributed by atoms with Gasteiger partial charge < -0.3 is 22.5 Å². The lowest BCUT2D eigenvalue weighted by Gasteiger charge is -2.28. The predicted molar refractivity (Wildman–Crippen MR) is 101 cm³/mol. The van der Waals surface area contributed by atoms with Crippen molar-refractivity contribution >= 4 is 28.5 Å². The maximum absolute atomic E-state index is 6.34. The molecule has 0 aliphatic heterocycles. The number of nitrogens with one attached hydrogen (secondary N) is 1. The highest BCUT2D eigenvalue weighted by molar-refractivity contribution is 5.81. The molecule has 4 rings (SSSR count). The predicted octanol–water partition coefficient (Wildman–Crippen LogP) is 2.62. The second kappa shape index (κ2) is 6.25. The third-order valence-corrected chi connectivity index (χ3v) is 4.97. The number of anilines is 4. The Bertz CT molecular complexity index is 876. The number of imidazole rings is 1. The van der Waals surface area contributed by atoms with E-state index in [-0.39, 0.29) is 6.04 Å². The van der Waals surface area contributed by atoms with Crippen molar-refractivity contribution < 1.29 is 0 Å². The van der Waals surface area contributed by atoms with Crippen molar-refractivity contribution in [3.8, 4) is 0 Å². The molecular formula is C18H23N7. The number of aromatic nitrogens is 3. The summed E-state index contributed by atoms with van der Waals surface area (Å²) in [5, 5.41) is 7.97. The molecule has 7 nitrogen and oxygen atoms in total. The average Bonchev–Trinajstić information content (AvgIpc) is 3.06. The Labute approximate surface area is 146 Å². The number of hydrogen-bond acceptors (Lipinski definition) is 6. The summed E-state index contributed by atoms with van der Waals surface area (Å²) in [5.41, 5.74) is 22.6. The average molecular weight is 337 g/mol. The molecule has 1 aromatic carbocycles. The maximum atomic E-state index is 6.34. The van der Waals surface area contributed by atoms with Gasteiger partial charge in [0.2, 0.25) is 0 Å². The highest BCUT2D eigenvalue weighted by Crippen LogP contribution is 2.41. The van der Waals surface area contributed by atoms with Crippen LogP contribution in [0.2, 0.25) is 0 Å². The van der Waals surface area contributed by atoms with Crippen molar-refractivity contribution in [2.45, 2.75) is 37.6 Å². The first-order chi connectivity index (χ1) is 12.1. The molecule has 2 heterocycles. The fourth-order valence-electron chi connectivity index (χ4n) is 3.63. The number of hydrogen-bond donors (Lipinski definition) is 4. The third-order valence-electron chi connectivity index (χ3n) is 4.97. The van der Waals surface area contributed by atoms with E-state index in [9.17, 15) is 0 Å². The van der Waals surface area contributed by atoms with E-state index in [4.69, 9.17) is 17.2 Å². The van der Waals surface area contributed by atoms with Crippen molar-refractivity contribution in [2.24, 2.45) is 5.73 Å². The van der Waals surface area contributed by atoms with E-state index >= 15 is 0 Å². The lowest BCUT2D eigenvalue weighted by atomic mass is 9.81. The molecule has 1 saturated carbocycles. The van der Waals surface area contributed by atoms with Crippen LogP contribution in [0.3, 0.4) is 0 Å². The zero-order valence-electron chi connectivity index (χ0n) is 14.0. The molecule has 7 N–H and O–H groups in total. The first-order valence-corrected chi connectivity index (χ1v) is 8.62. The molecular weight excluding hydrogens is 314 g/mol. The van der Waals surface area contributed by atoms with E-state index in [0.717, 1.165) is 54.0 Å². The Morgan fingerprint density at radius 3 is 2.48 bits per heavy atom. The van der Waals surface area contributed by atoms with Crippen LogP contribution < -0.4 is 22.5 Å². The number of nitrogens with zero attached hydrogens (tertiary/aromatic N) is 3. The van der Waals surface area contributed by atoms with Gasteiger partial charge >= 0.3 is 0 Å². The van der Waals surface area contributed by atoms with Crippen LogP contribution in [0.15, 0.2) is 36.7 Å². The molecule has 0 bridgehead atoms. The van der Waals surface area contributed by atoms with Crippen LogP contribution in [0.5, 0.6) is 0 Å². The molecule has 0 saturated heterocycles. The number of nitrogens with two attached hydrogens (primary N) is 3. The minimum Gasteiger partial charge on any atom is -0.399 e. The van der Waals surface area contributed by atoms with E-state index in [1.165, 1.54) is 0 Å². The summed E-state index contributed by atoms with van der Waals surface area (Å²) >= 11 is 0. The Kier molecular flexibility index (Phi) is 3.93. The monoisotopic (exact) mass is 337 g/mol. The van der Waals surface area contributed by atoms with Gasteiger partial charge in [-0.1, -0.05) is 0 Å². The molecule has 0 atom stereocenters. The summed E-state index contributed by atoms with van der Waals surface area (Å²) in [6, 6.07) is 7.93. The molecule has 1 fully saturated rings. The highest BCUT2D eigenvalue weighted by atomic mass is 15.3. The van der Waals surface area contributed by atoms with Crippen molar-refractivity contribution in [1.82, 2.24) is 14.6 Å². The molecule has 0 unspecified atom stereocenters. The molecule has 1 aliphatic rings. The minimum atomic E-state index is 0.286. The maximum Gasteiger partial charge on any atom is 0.177 e. The smallest absolute Gasteiger partial charge is 0.177 e. The van der Waals surface area contributed by atoms with Crippen molar-refractivity contribution in [3.63, 3.8) is 0 Å². The fraction of sp³-hybridized carbons (Fsp3) is 0.333. The van der Waals surface area contributed by atoms with Crippen LogP contribution in [0.25, 0.3) is 5.65 Å². The van der Waals surface area contributed by atoms with Crippen LogP contribution in [0.4, 0.5) is 22.9 Å². The SMILES string of the molecule is Nc1ccc(Nc2c3nccn3nc(N)c2[C@H]2CC[C@H](N)CC2)cc1. The molecule has 0 spiro atoms. The Balaban J connectivity index is 1.80. The quantitative estimate of drug-likeness (QED) is 0.545. The first-order valence-electron chi connectivity index (χ1n) is 8.62. The van der Waals surface area contributed by atoms with Gasteiger partial charge in [0.25, 0.3) is 0 Å². The molecule has 2 aromatic heterocycles. The van der Waals surface area contributed by atoms with Gasteiger partial charge in [-0.2, -0.15) is 0 Å². The van der Waals surface area contributed by atoms with Gasteiger partial charge in [-0.15, -0.1) is 5.10 Å². The van der Waals surface area contributed by atoms with Gasteiger partial charge in [0.05, 0.1) is 5.69 Å². The van der Waals surface area contributed by atoms with Gasteiger partial charge in [-0.25, -0.2) is 9.50 Å². The van der Waals surface area contributed by atoms with E-state index in [0.29, 0.717) is 11.7 Å². The van der Waals surface area contributed by atoms with Gasteiger partial charge in [0.15, 0.2) is 5.65 Å². The molecule has 0 amide bonds. The molecule has 7 heteroatoms. The van der Waals surface area contributed by atoms with E-state index < -0.39 is 0 Å². The van der Waals surface area contributed by atoms with E-state index in [1.54, 1.807) is 16.9 Å².